The number of rotatable bonds is 4. The molecule has 1 aliphatic rings. The van der Waals surface area contributed by atoms with Crippen molar-refractivity contribution in [3.8, 4) is 0 Å². The van der Waals surface area contributed by atoms with E-state index >= 15 is 0 Å². The van der Waals surface area contributed by atoms with Crippen molar-refractivity contribution in [2.75, 3.05) is 12.4 Å². The maximum absolute atomic E-state index is 5.60. The van der Waals surface area contributed by atoms with Crippen LogP contribution in [0.2, 0.25) is 0 Å². The maximum Gasteiger partial charge on any atom is 0.194 e. The summed E-state index contributed by atoms with van der Waals surface area (Å²) in [4.78, 5) is 5.87. The van der Waals surface area contributed by atoms with Crippen LogP contribution in [0.15, 0.2) is 34.2 Å². The van der Waals surface area contributed by atoms with E-state index in [-0.39, 0.29) is 0 Å². The van der Waals surface area contributed by atoms with Crippen LogP contribution in [-0.2, 0) is 4.74 Å². The van der Waals surface area contributed by atoms with E-state index in [9.17, 15) is 0 Å². The molecule has 1 heterocycles. The van der Waals surface area contributed by atoms with Crippen molar-refractivity contribution in [2.45, 2.75) is 31.7 Å². The van der Waals surface area contributed by atoms with E-state index in [2.05, 4.69) is 50.0 Å². The summed E-state index contributed by atoms with van der Waals surface area (Å²) in [5.74, 6) is 2.30. The number of nitrogens with zero attached hydrogens (tertiary/aromatic N) is 1. The minimum atomic E-state index is 0.351. The number of hydrogen-bond acceptors (Lipinski definition) is 3. The van der Waals surface area contributed by atoms with Crippen molar-refractivity contribution < 1.29 is 4.74 Å². The van der Waals surface area contributed by atoms with E-state index < -0.39 is 0 Å². The van der Waals surface area contributed by atoms with Crippen LogP contribution < -0.4 is 0 Å². The maximum atomic E-state index is 5.60. The molecule has 0 fully saturated rings. The molecule has 0 spiro atoms. The van der Waals surface area contributed by atoms with Crippen molar-refractivity contribution in [3.63, 3.8) is 0 Å². The molecule has 2 rings (SSSR count). The molecule has 92 valence electrons. The highest BCUT2D eigenvalue weighted by molar-refractivity contribution is 8.00. The van der Waals surface area contributed by atoms with E-state index in [4.69, 9.17) is 4.74 Å². The van der Waals surface area contributed by atoms with Crippen molar-refractivity contribution in [1.29, 1.82) is 0 Å². The number of aliphatic imine (C=N–C) groups is 1. The lowest BCUT2D eigenvalue weighted by molar-refractivity contribution is 0.290. The lowest BCUT2D eigenvalue weighted by Crippen LogP contribution is -2.13. The van der Waals surface area contributed by atoms with Crippen LogP contribution in [0, 0.1) is 12.8 Å². The third-order valence-electron chi connectivity index (χ3n) is 2.88. The summed E-state index contributed by atoms with van der Waals surface area (Å²) in [5.41, 5.74) is 1.30. The molecule has 2 nitrogen and oxygen atoms in total. The fourth-order valence-electron chi connectivity index (χ4n) is 1.64. The van der Waals surface area contributed by atoms with Crippen molar-refractivity contribution >= 4 is 17.7 Å². The Morgan fingerprint density at radius 3 is 2.65 bits per heavy atom. The van der Waals surface area contributed by atoms with Gasteiger partial charge in [-0.2, -0.15) is 0 Å². The zero-order valence-corrected chi connectivity index (χ0v) is 11.5. The minimum absolute atomic E-state index is 0.351. The fraction of sp³-hybridized carbons (Fsp3) is 0.500. The van der Waals surface area contributed by atoms with Crippen LogP contribution in [0.25, 0.3) is 0 Å². The molecule has 17 heavy (non-hydrogen) atoms. The molecule has 1 unspecified atom stereocenters. The Bertz CT molecular complexity index is 397. The lowest BCUT2D eigenvalue weighted by atomic mass is 10.1. The average molecular weight is 249 g/mol. The average Bonchev–Trinajstić information content (AvgIpc) is 2.77. The zero-order valence-electron chi connectivity index (χ0n) is 10.6. The highest BCUT2D eigenvalue weighted by Crippen LogP contribution is 2.21. The molecular weight excluding hydrogens is 230 g/mol. The lowest BCUT2D eigenvalue weighted by Gasteiger charge is -2.06. The van der Waals surface area contributed by atoms with Gasteiger partial charge in [-0.1, -0.05) is 31.5 Å². The molecule has 3 heteroatoms. The summed E-state index contributed by atoms with van der Waals surface area (Å²) in [6, 6.07) is 8.92. The van der Waals surface area contributed by atoms with Gasteiger partial charge in [0.1, 0.15) is 6.61 Å². The smallest absolute Gasteiger partial charge is 0.194 e. The van der Waals surface area contributed by atoms with Crippen LogP contribution in [0.5, 0.6) is 0 Å². The number of benzene rings is 1. The molecule has 1 aliphatic heterocycles. The number of ether oxygens (including phenoxy) is 1. The molecule has 0 N–H and O–H groups in total. The van der Waals surface area contributed by atoms with Gasteiger partial charge in [-0.05, 0) is 25.0 Å². The largest absolute Gasteiger partial charge is 0.478 e. The van der Waals surface area contributed by atoms with Crippen molar-refractivity contribution in [1.82, 2.24) is 0 Å². The summed E-state index contributed by atoms with van der Waals surface area (Å²) < 4.78 is 5.60. The van der Waals surface area contributed by atoms with Gasteiger partial charge in [0, 0.05) is 4.90 Å². The Morgan fingerprint density at radius 2 is 2.06 bits per heavy atom. The van der Waals surface area contributed by atoms with Crippen LogP contribution in [0.4, 0.5) is 0 Å². The summed E-state index contributed by atoms with van der Waals surface area (Å²) in [6.07, 6.45) is 0. The second kappa shape index (κ2) is 5.58. The molecule has 0 saturated carbocycles. The highest BCUT2D eigenvalue weighted by atomic mass is 32.2. The SMILES string of the molecule is Cc1ccc(SCC2=NC(C(C)C)CO2)cc1. The van der Waals surface area contributed by atoms with E-state index in [1.807, 2.05) is 0 Å². The first-order valence-corrected chi connectivity index (χ1v) is 7.02. The molecular formula is C14H19NOS. The molecule has 0 bridgehead atoms. The molecule has 0 aromatic heterocycles. The van der Waals surface area contributed by atoms with E-state index in [0.717, 1.165) is 18.3 Å². The summed E-state index contributed by atoms with van der Waals surface area (Å²) in [6.45, 7) is 7.23. The van der Waals surface area contributed by atoms with E-state index in [0.29, 0.717) is 12.0 Å². The third kappa shape index (κ3) is 3.50. The van der Waals surface area contributed by atoms with Gasteiger partial charge in [-0.25, -0.2) is 4.99 Å². The fourth-order valence-corrected chi connectivity index (χ4v) is 2.42. The Kier molecular flexibility index (Phi) is 4.11. The van der Waals surface area contributed by atoms with Crippen LogP contribution in [0.3, 0.4) is 0 Å². The number of hydrogen-bond donors (Lipinski definition) is 0. The third-order valence-corrected chi connectivity index (χ3v) is 3.88. The quantitative estimate of drug-likeness (QED) is 0.761. The van der Waals surface area contributed by atoms with Gasteiger partial charge in [0.15, 0.2) is 5.90 Å². The molecule has 1 aromatic rings. The van der Waals surface area contributed by atoms with Crippen LogP contribution in [0.1, 0.15) is 19.4 Å². The minimum Gasteiger partial charge on any atom is -0.478 e. The first kappa shape index (κ1) is 12.5. The molecule has 1 aromatic carbocycles. The Hall–Kier alpha value is -0.960. The summed E-state index contributed by atoms with van der Waals surface area (Å²) in [5, 5.41) is 0. The molecule has 1 atom stereocenters. The van der Waals surface area contributed by atoms with Crippen LogP contribution >= 0.6 is 11.8 Å². The van der Waals surface area contributed by atoms with E-state index in [1.54, 1.807) is 11.8 Å². The highest BCUT2D eigenvalue weighted by Gasteiger charge is 2.21. The first-order valence-electron chi connectivity index (χ1n) is 6.04. The Morgan fingerprint density at radius 1 is 1.35 bits per heavy atom. The molecule has 0 saturated heterocycles. The number of thioether (sulfide) groups is 1. The van der Waals surface area contributed by atoms with Gasteiger partial charge in [0.25, 0.3) is 0 Å². The van der Waals surface area contributed by atoms with Gasteiger partial charge in [-0.3, -0.25) is 0 Å². The monoisotopic (exact) mass is 249 g/mol. The molecule has 0 radical (unpaired) electrons. The van der Waals surface area contributed by atoms with Crippen molar-refractivity contribution in [3.05, 3.63) is 29.8 Å². The first-order chi connectivity index (χ1) is 8.15. The zero-order chi connectivity index (χ0) is 12.3. The Balaban J connectivity index is 1.87. The van der Waals surface area contributed by atoms with E-state index in [1.165, 1.54) is 10.5 Å². The van der Waals surface area contributed by atoms with Gasteiger partial charge in [0.05, 0.1) is 11.8 Å². The van der Waals surface area contributed by atoms with Gasteiger partial charge < -0.3 is 4.74 Å². The second-order valence-electron chi connectivity index (χ2n) is 4.75. The standard InChI is InChI=1S/C14H19NOS/c1-10(2)13-8-16-14(15-13)9-17-12-6-4-11(3)5-7-12/h4-7,10,13H,8-9H2,1-3H3. The summed E-state index contributed by atoms with van der Waals surface area (Å²) in [7, 11) is 0. The van der Waals surface area contributed by atoms with Gasteiger partial charge in [0.2, 0.25) is 0 Å². The van der Waals surface area contributed by atoms with Crippen molar-refractivity contribution in [2.24, 2.45) is 10.9 Å². The summed E-state index contributed by atoms with van der Waals surface area (Å²) >= 11 is 1.78. The van der Waals surface area contributed by atoms with Crippen LogP contribution in [-0.4, -0.2) is 24.3 Å². The molecule has 0 amide bonds. The second-order valence-corrected chi connectivity index (χ2v) is 5.80. The Labute approximate surface area is 107 Å². The predicted molar refractivity (Wildman–Crippen MR) is 73.9 cm³/mol. The topological polar surface area (TPSA) is 21.6 Å². The number of aryl methyl sites for hydroxylation is 1. The molecule has 0 aliphatic carbocycles. The van der Waals surface area contributed by atoms with Gasteiger partial charge in [-0.15, -0.1) is 11.8 Å². The predicted octanol–water partition coefficient (Wildman–Crippen LogP) is 3.54. The van der Waals surface area contributed by atoms with Gasteiger partial charge >= 0.3 is 0 Å². The normalized spacial score (nSPS) is 19.3.